The Kier molecular flexibility index (Phi) is 5.09. The van der Waals surface area contributed by atoms with Gasteiger partial charge in [-0.15, -0.1) is 11.3 Å². The molecule has 4 nitrogen and oxygen atoms in total. The molecule has 0 aromatic carbocycles. The van der Waals surface area contributed by atoms with E-state index in [-0.39, 0.29) is 5.91 Å². The number of nitrogens with one attached hydrogen (secondary N) is 1. The Hall–Kier alpha value is -2.16. The summed E-state index contributed by atoms with van der Waals surface area (Å²) in [5.41, 5.74) is 8.30. The second-order valence-corrected chi connectivity index (χ2v) is 5.67. The standard InChI is InChI=1S/C16H17N3OS/c1-11-8-15(21-14(11)4-3-7-17)16(20)19-10-13-6-5-12(2)18-9-13/h5-6,8-9H,7,10,17H2,1-2H3,(H,19,20). The fourth-order valence-electron chi connectivity index (χ4n) is 1.72. The van der Waals surface area contributed by atoms with Crippen molar-refractivity contribution in [3.63, 3.8) is 0 Å². The van der Waals surface area contributed by atoms with Crippen molar-refractivity contribution < 1.29 is 4.79 Å². The second-order valence-electron chi connectivity index (χ2n) is 4.62. The molecule has 0 saturated heterocycles. The van der Waals surface area contributed by atoms with Crippen LogP contribution in [0.3, 0.4) is 0 Å². The van der Waals surface area contributed by atoms with Crippen molar-refractivity contribution in [2.24, 2.45) is 5.73 Å². The highest BCUT2D eigenvalue weighted by Gasteiger charge is 2.11. The topological polar surface area (TPSA) is 68.0 Å². The molecule has 2 heterocycles. The molecule has 0 unspecified atom stereocenters. The molecule has 108 valence electrons. The Morgan fingerprint density at radius 2 is 2.24 bits per heavy atom. The molecular weight excluding hydrogens is 282 g/mol. The van der Waals surface area contributed by atoms with Crippen LogP contribution in [-0.4, -0.2) is 17.4 Å². The number of nitrogens with two attached hydrogens (primary N) is 1. The molecule has 0 fully saturated rings. The Labute approximate surface area is 128 Å². The van der Waals surface area contributed by atoms with Crippen LogP contribution in [0, 0.1) is 25.7 Å². The highest BCUT2D eigenvalue weighted by atomic mass is 32.1. The number of nitrogens with zero attached hydrogens (tertiary/aromatic N) is 1. The van der Waals surface area contributed by atoms with Crippen molar-refractivity contribution in [3.05, 3.63) is 51.0 Å². The highest BCUT2D eigenvalue weighted by Crippen LogP contribution is 2.20. The van der Waals surface area contributed by atoms with Gasteiger partial charge in [-0.2, -0.15) is 0 Å². The van der Waals surface area contributed by atoms with Gasteiger partial charge in [0.2, 0.25) is 0 Å². The highest BCUT2D eigenvalue weighted by molar-refractivity contribution is 7.14. The molecule has 1 amide bonds. The van der Waals surface area contributed by atoms with E-state index >= 15 is 0 Å². The van der Waals surface area contributed by atoms with Gasteiger partial charge in [0.05, 0.1) is 16.3 Å². The maximum absolute atomic E-state index is 12.1. The van der Waals surface area contributed by atoms with Crippen molar-refractivity contribution in [2.75, 3.05) is 6.54 Å². The molecule has 0 aliphatic rings. The molecule has 2 aromatic heterocycles. The minimum Gasteiger partial charge on any atom is -0.347 e. The first-order chi connectivity index (χ1) is 10.1. The zero-order valence-corrected chi connectivity index (χ0v) is 12.9. The minimum absolute atomic E-state index is 0.0931. The summed E-state index contributed by atoms with van der Waals surface area (Å²) < 4.78 is 0. The predicted octanol–water partition coefficient (Wildman–Crippen LogP) is 2.00. The molecule has 0 saturated carbocycles. The quantitative estimate of drug-likeness (QED) is 0.852. The predicted molar refractivity (Wildman–Crippen MR) is 85.1 cm³/mol. The molecule has 0 spiro atoms. The third-order valence-corrected chi connectivity index (χ3v) is 4.02. The van der Waals surface area contributed by atoms with Crippen LogP contribution >= 0.6 is 11.3 Å². The number of hydrogen-bond acceptors (Lipinski definition) is 4. The normalized spacial score (nSPS) is 9.86. The Balaban J connectivity index is 2.02. The van der Waals surface area contributed by atoms with Crippen LogP contribution in [0.15, 0.2) is 24.4 Å². The Morgan fingerprint density at radius 1 is 1.43 bits per heavy atom. The first kappa shape index (κ1) is 15.2. The van der Waals surface area contributed by atoms with E-state index in [0.29, 0.717) is 18.0 Å². The maximum Gasteiger partial charge on any atom is 0.261 e. The summed E-state index contributed by atoms with van der Waals surface area (Å²) in [7, 11) is 0. The molecule has 0 aliphatic carbocycles. The molecule has 0 atom stereocenters. The van der Waals surface area contributed by atoms with Gasteiger partial charge in [0.15, 0.2) is 0 Å². The third kappa shape index (κ3) is 4.15. The summed E-state index contributed by atoms with van der Waals surface area (Å²) >= 11 is 1.39. The smallest absolute Gasteiger partial charge is 0.261 e. The lowest BCUT2D eigenvalue weighted by Crippen LogP contribution is -2.21. The lowest BCUT2D eigenvalue weighted by molar-refractivity contribution is 0.0955. The monoisotopic (exact) mass is 299 g/mol. The van der Waals surface area contributed by atoms with Crippen LogP contribution in [0.25, 0.3) is 0 Å². The molecule has 0 aliphatic heterocycles. The van der Waals surface area contributed by atoms with E-state index in [4.69, 9.17) is 5.73 Å². The van der Waals surface area contributed by atoms with Gasteiger partial charge in [0.25, 0.3) is 5.91 Å². The summed E-state index contributed by atoms with van der Waals surface area (Å²) in [6, 6.07) is 5.74. The summed E-state index contributed by atoms with van der Waals surface area (Å²) in [6.07, 6.45) is 1.77. The van der Waals surface area contributed by atoms with Gasteiger partial charge < -0.3 is 11.1 Å². The Morgan fingerprint density at radius 3 is 2.90 bits per heavy atom. The number of amides is 1. The fourth-order valence-corrected chi connectivity index (χ4v) is 2.69. The average molecular weight is 299 g/mol. The van der Waals surface area contributed by atoms with Crippen molar-refractivity contribution in [1.82, 2.24) is 10.3 Å². The van der Waals surface area contributed by atoms with Gasteiger partial charge in [-0.1, -0.05) is 17.9 Å². The lowest BCUT2D eigenvalue weighted by atomic mass is 10.2. The van der Waals surface area contributed by atoms with Gasteiger partial charge in [0.1, 0.15) is 0 Å². The van der Waals surface area contributed by atoms with Crippen LogP contribution < -0.4 is 11.1 Å². The number of pyridine rings is 1. The zero-order chi connectivity index (χ0) is 15.2. The lowest BCUT2D eigenvalue weighted by Gasteiger charge is -2.03. The van der Waals surface area contributed by atoms with Crippen LogP contribution in [0.4, 0.5) is 0 Å². The van der Waals surface area contributed by atoms with Gasteiger partial charge in [-0.05, 0) is 37.1 Å². The summed E-state index contributed by atoms with van der Waals surface area (Å²) in [4.78, 5) is 17.9. The van der Waals surface area contributed by atoms with Crippen molar-refractivity contribution in [2.45, 2.75) is 20.4 Å². The van der Waals surface area contributed by atoms with E-state index < -0.39 is 0 Å². The molecule has 5 heteroatoms. The number of thiophene rings is 1. The number of hydrogen-bond donors (Lipinski definition) is 2. The van der Waals surface area contributed by atoms with E-state index in [2.05, 4.69) is 22.1 Å². The molecule has 2 rings (SSSR count). The first-order valence-electron chi connectivity index (χ1n) is 6.59. The maximum atomic E-state index is 12.1. The van der Waals surface area contributed by atoms with Crippen LogP contribution in [-0.2, 0) is 6.54 Å². The molecule has 0 bridgehead atoms. The number of rotatable bonds is 3. The van der Waals surface area contributed by atoms with Crippen molar-refractivity contribution in [1.29, 1.82) is 0 Å². The van der Waals surface area contributed by atoms with Crippen molar-refractivity contribution >= 4 is 17.2 Å². The van der Waals surface area contributed by atoms with Gasteiger partial charge in [-0.3, -0.25) is 9.78 Å². The molecule has 3 N–H and O–H groups in total. The van der Waals surface area contributed by atoms with E-state index in [1.54, 1.807) is 6.20 Å². The summed E-state index contributed by atoms with van der Waals surface area (Å²) in [6.45, 7) is 4.66. The minimum atomic E-state index is -0.0931. The second kappa shape index (κ2) is 7.02. The average Bonchev–Trinajstić information content (AvgIpc) is 2.85. The van der Waals surface area contributed by atoms with Gasteiger partial charge >= 0.3 is 0 Å². The molecule has 2 aromatic rings. The van der Waals surface area contributed by atoms with Crippen molar-refractivity contribution in [3.8, 4) is 11.8 Å². The first-order valence-corrected chi connectivity index (χ1v) is 7.41. The van der Waals surface area contributed by atoms with E-state index in [1.807, 2.05) is 32.0 Å². The Bertz CT molecular complexity index is 693. The van der Waals surface area contributed by atoms with Crippen LogP contribution in [0.5, 0.6) is 0 Å². The van der Waals surface area contributed by atoms with Crippen LogP contribution in [0.1, 0.15) is 31.4 Å². The van der Waals surface area contributed by atoms with E-state index in [9.17, 15) is 4.79 Å². The summed E-state index contributed by atoms with van der Waals surface area (Å²) in [5, 5.41) is 2.89. The zero-order valence-electron chi connectivity index (χ0n) is 12.1. The summed E-state index contributed by atoms with van der Waals surface area (Å²) in [5.74, 6) is 5.70. The van der Waals surface area contributed by atoms with Gasteiger partial charge in [-0.25, -0.2) is 0 Å². The van der Waals surface area contributed by atoms with E-state index in [1.165, 1.54) is 11.3 Å². The number of aryl methyl sites for hydroxylation is 2. The molecule has 0 radical (unpaired) electrons. The number of carbonyl (C=O) groups excluding carboxylic acids is 1. The van der Waals surface area contributed by atoms with E-state index in [0.717, 1.165) is 21.7 Å². The molecule has 21 heavy (non-hydrogen) atoms. The third-order valence-electron chi connectivity index (χ3n) is 2.87. The molecular formula is C16H17N3OS. The van der Waals surface area contributed by atoms with Gasteiger partial charge in [0, 0.05) is 18.4 Å². The SMILES string of the molecule is Cc1ccc(CNC(=O)c2cc(C)c(C#CCN)s2)cn1. The largest absolute Gasteiger partial charge is 0.347 e. The number of aromatic nitrogens is 1. The number of carbonyl (C=O) groups is 1. The van der Waals surface area contributed by atoms with Crippen LogP contribution in [0.2, 0.25) is 0 Å². The fraction of sp³-hybridized carbons (Fsp3) is 0.250.